The lowest BCUT2D eigenvalue weighted by Gasteiger charge is -2.36. The molecule has 0 bridgehead atoms. The second-order valence-electron chi connectivity index (χ2n) is 6.55. The predicted molar refractivity (Wildman–Crippen MR) is 101 cm³/mol. The average molecular weight is 391 g/mol. The van der Waals surface area contributed by atoms with Gasteiger partial charge in [0.25, 0.3) is 5.91 Å². The summed E-state index contributed by atoms with van der Waals surface area (Å²) in [4.78, 5) is 42.2. The molecule has 28 heavy (non-hydrogen) atoms. The first-order chi connectivity index (χ1) is 13.5. The molecule has 0 radical (unpaired) electrons. The van der Waals surface area contributed by atoms with Gasteiger partial charge in [-0.25, -0.2) is 9.69 Å². The van der Waals surface area contributed by atoms with Crippen molar-refractivity contribution < 1.29 is 28.6 Å². The van der Waals surface area contributed by atoms with Crippen molar-refractivity contribution in [3.63, 3.8) is 0 Å². The van der Waals surface area contributed by atoms with Gasteiger partial charge in [0.05, 0.1) is 39.0 Å². The van der Waals surface area contributed by atoms with Gasteiger partial charge in [-0.05, 0) is 19.1 Å². The SMILES string of the molecule is CCOC(=O)N1CCN(C2CC(=O)N(c3ccc(OC)cc3OC)C2=O)CC1. The standard InChI is InChI=1S/C19H25N3O6/c1-4-28-19(25)21-9-7-20(8-10-21)15-12-17(23)22(18(15)24)14-6-5-13(26-2)11-16(14)27-3/h5-6,11,15H,4,7-10,12H2,1-3H3. The first kappa shape index (κ1) is 19.9. The van der Waals surface area contributed by atoms with Crippen LogP contribution >= 0.6 is 0 Å². The number of imide groups is 1. The lowest BCUT2D eigenvalue weighted by atomic mass is 10.2. The van der Waals surface area contributed by atoms with Crippen molar-refractivity contribution in [2.24, 2.45) is 0 Å². The molecule has 0 saturated carbocycles. The minimum atomic E-state index is -0.538. The molecule has 3 rings (SSSR count). The molecule has 0 aromatic heterocycles. The number of hydrogen-bond acceptors (Lipinski definition) is 7. The second-order valence-corrected chi connectivity index (χ2v) is 6.55. The van der Waals surface area contributed by atoms with Crippen LogP contribution in [-0.2, 0) is 14.3 Å². The minimum Gasteiger partial charge on any atom is -0.497 e. The van der Waals surface area contributed by atoms with Gasteiger partial charge in [0, 0.05) is 32.2 Å². The number of anilines is 1. The van der Waals surface area contributed by atoms with Crippen molar-refractivity contribution in [2.45, 2.75) is 19.4 Å². The van der Waals surface area contributed by atoms with Crippen molar-refractivity contribution in [3.05, 3.63) is 18.2 Å². The predicted octanol–water partition coefficient (Wildman–Crippen LogP) is 1.11. The Morgan fingerprint density at radius 3 is 2.43 bits per heavy atom. The summed E-state index contributed by atoms with van der Waals surface area (Å²) in [5.74, 6) is 0.421. The van der Waals surface area contributed by atoms with E-state index in [2.05, 4.69) is 0 Å². The van der Waals surface area contributed by atoms with E-state index < -0.39 is 6.04 Å². The maximum atomic E-state index is 13.0. The number of carbonyl (C=O) groups is 3. The molecular formula is C19H25N3O6. The zero-order valence-electron chi connectivity index (χ0n) is 16.3. The minimum absolute atomic E-state index is 0.105. The van der Waals surface area contributed by atoms with Crippen molar-refractivity contribution in [1.29, 1.82) is 0 Å². The molecular weight excluding hydrogens is 366 g/mol. The lowest BCUT2D eigenvalue weighted by Crippen LogP contribution is -2.54. The van der Waals surface area contributed by atoms with Crippen molar-refractivity contribution >= 4 is 23.6 Å². The van der Waals surface area contributed by atoms with E-state index >= 15 is 0 Å². The fraction of sp³-hybridized carbons (Fsp3) is 0.526. The van der Waals surface area contributed by atoms with E-state index in [0.717, 1.165) is 0 Å². The van der Waals surface area contributed by atoms with Crippen LogP contribution in [0.2, 0.25) is 0 Å². The van der Waals surface area contributed by atoms with Crippen LogP contribution in [0.25, 0.3) is 0 Å². The molecule has 3 amide bonds. The first-order valence-electron chi connectivity index (χ1n) is 9.24. The van der Waals surface area contributed by atoms with Crippen LogP contribution in [0.3, 0.4) is 0 Å². The highest BCUT2D eigenvalue weighted by atomic mass is 16.6. The maximum absolute atomic E-state index is 13.0. The van der Waals surface area contributed by atoms with E-state index in [1.165, 1.54) is 19.1 Å². The van der Waals surface area contributed by atoms with Gasteiger partial charge in [-0.15, -0.1) is 0 Å². The molecule has 2 aliphatic heterocycles. The van der Waals surface area contributed by atoms with Gasteiger partial charge in [0.1, 0.15) is 11.5 Å². The topological polar surface area (TPSA) is 88.6 Å². The molecule has 0 spiro atoms. The average Bonchev–Trinajstić information content (AvgIpc) is 3.01. The molecule has 0 N–H and O–H groups in total. The molecule has 2 aliphatic rings. The van der Waals surface area contributed by atoms with E-state index in [9.17, 15) is 14.4 Å². The summed E-state index contributed by atoms with van der Waals surface area (Å²) < 4.78 is 15.5. The zero-order chi connectivity index (χ0) is 20.3. The number of hydrogen-bond donors (Lipinski definition) is 0. The Morgan fingerprint density at radius 2 is 1.82 bits per heavy atom. The highest BCUT2D eigenvalue weighted by Gasteiger charge is 2.44. The van der Waals surface area contributed by atoms with Crippen LogP contribution in [0.5, 0.6) is 11.5 Å². The largest absolute Gasteiger partial charge is 0.497 e. The summed E-state index contributed by atoms with van der Waals surface area (Å²) in [6, 6.07) is 4.43. The molecule has 1 atom stereocenters. The highest BCUT2D eigenvalue weighted by molar-refractivity contribution is 6.23. The Labute approximate surface area is 163 Å². The third-order valence-electron chi connectivity index (χ3n) is 5.03. The van der Waals surface area contributed by atoms with Crippen LogP contribution in [0, 0.1) is 0 Å². The van der Waals surface area contributed by atoms with Gasteiger partial charge in [-0.1, -0.05) is 0 Å². The molecule has 1 aromatic rings. The highest BCUT2D eigenvalue weighted by Crippen LogP contribution is 2.36. The van der Waals surface area contributed by atoms with Crippen LogP contribution in [-0.4, -0.2) is 80.8 Å². The Kier molecular flexibility index (Phi) is 6.03. The maximum Gasteiger partial charge on any atom is 0.409 e. The third-order valence-corrected chi connectivity index (χ3v) is 5.03. The molecule has 9 heteroatoms. The number of benzene rings is 1. The Balaban J connectivity index is 1.72. The van der Waals surface area contributed by atoms with Gasteiger partial charge in [0.2, 0.25) is 5.91 Å². The summed E-state index contributed by atoms with van der Waals surface area (Å²) in [6.45, 7) is 4.03. The summed E-state index contributed by atoms with van der Waals surface area (Å²) in [7, 11) is 3.02. The molecule has 1 aromatic carbocycles. The molecule has 2 fully saturated rings. The zero-order valence-corrected chi connectivity index (χ0v) is 16.3. The fourth-order valence-corrected chi connectivity index (χ4v) is 3.55. The van der Waals surface area contributed by atoms with E-state index in [4.69, 9.17) is 14.2 Å². The van der Waals surface area contributed by atoms with Gasteiger partial charge >= 0.3 is 6.09 Å². The van der Waals surface area contributed by atoms with Crippen LogP contribution in [0.4, 0.5) is 10.5 Å². The van der Waals surface area contributed by atoms with Crippen molar-refractivity contribution in [3.8, 4) is 11.5 Å². The third kappa shape index (κ3) is 3.75. The summed E-state index contributed by atoms with van der Waals surface area (Å²) in [6.07, 6.45) is -0.242. The summed E-state index contributed by atoms with van der Waals surface area (Å²) >= 11 is 0. The van der Waals surface area contributed by atoms with Gasteiger partial charge < -0.3 is 19.1 Å². The van der Waals surface area contributed by atoms with Gasteiger partial charge in [-0.2, -0.15) is 0 Å². The van der Waals surface area contributed by atoms with Gasteiger partial charge in [0.15, 0.2) is 0 Å². The molecule has 2 heterocycles. The van der Waals surface area contributed by atoms with Crippen LogP contribution in [0.1, 0.15) is 13.3 Å². The van der Waals surface area contributed by atoms with Crippen molar-refractivity contribution in [1.82, 2.24) is 9.80 Å². The summed E-state index contributed by atoms with van der Waals surface area (Å²) in [5, 5.41) is 0. The number of piperazine rings is 1. The molecule has 152 valence electrons. The monoisotopic (exact) mass is 391 g/mol. The lowest BCUT2D eigenvalue weighted by molar-refractivity contribution is -0.123. The molecule has 2 saturated heterocycles. The van der Waals surface area contributed by atoms with E-state index in [1.54, 1.807) is 30.0 Å². The molecule has 9 nitrogen and oxygen atoms in total. The van der Waals surface area contributed by atoms with E-state index in [0.29, 0.717) is 50.0 Å². The fourth-order valence-electron chi connectivity index (χ4n) is 3.55. The first-order valence-corrected chi connectivity index (χ1v) is 9.24. The number of methoxy groups -OCH3 is 2. The number of carbonyl (C=O) groups excluding carboxylic acids is 3. The Bertz CT molecular complexity index is 760. The van der Waals surface area contributed by atoms with Crippen molar-refractivity contribution in [2.75, 3.05) is 51.9 Å². The quantitative estimate of drug-likeness (QED) is 0.695. The van der Waals surface area contributed by atoms with Crippen LogP contribution in [0.15, 0.2) is 18.2 Å². The second kappa shape index (κ2) is 8.47. The number of rotatable bonds is 5. The van der Waals surface area contributed by atoms with Gasteiger partial charge in [-0.3, -0.25) is 14.5 Å². The van der Waals surface area contributed by atoms with E-state index in [1.807, 2.05) is 4.90 Å². The molecule has 1 unspecified atom stereocenters. The summed E-state index contributed by atoms with van der Waals surface area (Å²) in [5.41, 5.74) is 0.408. The van der Waals surface area contributed by atoms with Crippen LogP contribution < -0.4 is 14.4 Å². The molecule has 0 aliphatic carbocycles. The smallest absolute Gasteiger partial charge is 0.409 e. The Morgan fingerprint density at radius 1 is 1.11 bits per heavy atom. The number of amides is 3. The van der Waals surface area contributed by atoms with E-state index in [-0.39, 0.29) is 24.3 Å². The Hall–Kier alpha value is -2.81. The number of nitrogens with zero attached hydrogens (tertiary/aromatic N) is 3. The normalized spacial score (nSPS) is 20.5. The number of ether oxygens (including phenoxy) is 3.